The molecular weight excluding hydrogens is 457 g/mol. The molecule has 0 fully saturated rings. The van der Waals surface area contributed by atoms with Gasteiger partial charge in [-0.25, -0.2) is 4.98 Å². The number of hydrogen-bond donors (Lipinski definition) is 0. The first-order valence-corrected chi connectivity index (χ1v) is 11.0. The Balaban J connectivity index is 0.00000341. The molecule has 31 heavy (non-hydrogen) atoms. The van der Waals surface area contributed by atoms with E-state index in [1.807, 2.05) is 45.0 Å². The number of halogens is 2. The number of rotatable bonds is 9. The van der Waals surface area contributed by atoms with Crippen LogP contribution in [0.25, 0.3) is 10.2 Å². The number of amides is 1. The molecule has 1 amide bonds. The molecule has 0 aliphatic rings. The molecule has 0 radical (unpaired) electrons. The van der Waals surface area contributed by atoms with Crippen LogP contribution >= 0.6 is 35.3 Å². The van der Waals surface area contributed by atoms with Crippen molar-refractivity contribution in [2.75, 3.05) is 45.3 Å². The van der Waals surface area contributed by atoms with Crippen molar-refractivity contribution in [3.63, 3.8) is 0 Å². The van der Waals surface area contributed by atoms with Gasteiger partial charge in [-0.2, -0.15) is 0 Å². The summed E-state index contributed by atoms with van der Waals surface area (Å²) in [5, 5.41) is 1.29. The van der Waals surface area contributed by atoms with Crippen LogP contribution in [0.5, 0.6) is 11.5 Å². The molecule has 0 unspecified atom stereocenters. The van der Waals surface area contributed by atoms with Crippen LogP contribution in [0.2, 0.25) is 5.02 Å². The summed E-state index contributed by atoms with van der Waals surface area (Å²) >= 11 is 7.58. The zero-order valence-electron chi connectivity index (χ0n) is 18.1. The summed E-state index contributed by atoms with van der Waals surface area (Å²) in [7, 11) is 3.95. The summed E-state index contributed by atoms with van der Waals surface area (Å²) in [6, 6.07) is 10.8. The average Bonchev–Trinajstić information content (AvgIpc) is 3.12. The van der Waals surface area contributed by atoms with E-state index in [2.05, 4.69) is 4.98 Å². The Labute approximate surface area is 198 Å². The van der Waals surface area contributed by atoms with Crippen molar-refractivity contribution in [3.8, 4) is 11.5 Å². The van der Waals surface area contributed by atoms with Gasteiger partial charge in [-0.05, 0) is 64.3 Å². The van der Waals surface area contributed by atoms with Crippen molar-refractivity contribution in [2.24, 2.45) is 0 Å². The Morgan fingerprint density at radius 2 is 1.74 bits per heavy atom. The zero-order chi connectivity index (χ0) is 21.7. The number of carbonyl (C=O) groups is 1. The summed E-state index contributed by atoms with van der Waals surface area (Å²) in [6.45, 7) is 6.04. The lowest BCUT2D eigenvalue weighted by molar-refractivity contribution is 0.0984. The lowest BCUT2D eigenvalue weighted by Gasteiger charge is -2.22. The van der Waals surface area contributed by atoms with Crippen LogP contribution in [0.3, 0.4) is 0 Å². The van der Waals surface area contributed by atoms with Gasteiger partial charge in [-0.1, -0.05) is 22.9 Å². The molecule has 9 heteroatoms. The SMILES string of the molecule is CCOc1ccc(C(=O)N(CCN(C)C)c2nc3ccc(Cl)cc3s2)cc1OCC.Cl. The van der Waals surface area contributed by atoms with E-state index in [0.29, 0.717) is 53.5 Å². The molecule has 0 saturated carbocycles. The van der Waals surface area contributed by atoms with Crippen LogP contribution in [0.1, 0.15) is 24.2 Å². The van der Waals surface area contributed by atoms with Gasteiger partial charge in [0.15, 0.2) is 16.6 Å². The molecule has 0 atom stereocenters. The number of nitrogens with zero attached hydrogens (tertiary/aromatic N) is 3. The van der Waals surface area contributed by atoms with Gasteiger partial charge in [0.1, 0.15) is 0 Å². The Bertz CT molecular complexity index is 1030. The van der Waals surface area contributed by atoms with Gasteiger partial charge in [-0.15, -0.1) is 12.4 Å². The fourth-order valence-corrected chi connectivity index (χ4v) is 4.19. The second-order valence-electron chi connectivity index (χ2n) is 6.90. The maximum atomic E-state index is 13.5. The summed E-state index contributed by atoms with van der Waals surface area (Å²) in [5.74, 6) is 1.06. The minimum Gasteiger partial charge on any atom is -0.490 e. The maximum absolute atomic E-state index is 13.5. The van der Waals surface area contributed by atoms with E-state index in [0.717, 1.165) is 10.2 Å². The molecule has 0 aliphatic heterocycles. The molecule has 0 bridgehead atoms. The third-order valence-electron chi connectivity index (χ3n) is 4.38. The highest BCUT2D eigenvalue weighted by Crippen LogP contribution is 2.33. The number of anilines is 1. The van der Waals surface area contributed by atoms with Crippen LogP contribution in [0, 0.1) is 0 Å². The Hall–Kier alpha value is -2.06. The first-order chi connectivity index (χ1) is 14.4. The number of ether oxygens (including phenoxy) is 2. The minimum atomic E-state index is -0.133. The van der Waals surface area contributed by atoms with E-state index in [9.17, 15) is 4.79 Å². The summed E-state index contributed by atoms with van der Waals surface area (Å²) < 4.78 is 12.3. The van der Waals surface area contributed by atoms with E-state index in [-0.39, 0.29) is 18.3 Å². The van der Waals surface area contributed by atoms with E-state index in [4.69, 9.17) is 21.1 Å². The molecular formula is C22H27Cl2N3O3S. The topological polar surface area (TPSA) is 54.9 Å². The fourth-order valence-electron chi connectivity index (χ4n) is 2.93. The van der Waals surface area contributed by atoms with Crippen molar-refractivity contribution < 1.29 is 14.3 Å². The van der Waals surface area contributed by atoms with Crippen LogP contribution < -0.4 is 14.4 Å². The number of likely N-dealkylation sites (N-methyl/N-ethyl adjacent to an activating group) is 1. The number of thiazole rings is 1. The molecule has 0 aliphatic carbocycles. The highest BCUT2D eigenvalue weighted by atomic mass is 35.5. The second-order valence-corrected chi connectivity index (χ2v) is 8.34. The lowest BCUT2D eigenvalue weighted by atomic mass is 10.1. The molecule has 3 aromatic rings. The van der Waals surface area contributed by atoms with Crippen molar-refractivity contribution in [1.29, 1.82) is 0 Å². The molecule has 6 nitrogen and oxygen atoms in total. The molecule has 0 saturated heterocycles. The summed E-state index contributed by atoms with van der Waals surface area (Å²) in [6.07, 6.45) is 0. The van der Waals surface area contributed by atoms with E-state index >= 15 is 0 Å². The standard InChI is InChI=1S/C22H26ClN3O3S.ClH/c1-5-28-18-10-7-15(13-19(18)29-6-2)21(27)26(12-11-25(3)4)22-24-17-9-8-16(23)14-20(17)30-22;/h7-10,13-14H,5-6,11-12H2,1-4H3;1H. The first kappa shape index (κ1) is 25.2. The zero-order valence-corrected chi connectivity index (χ0v) is 20.4. The van der Waals surface area contributed by atoms with Gasteiger partial charge in [0.05, 0.1) is 23.4 Å². The summed E-state index contributed by atoms with van der Waals surface area (Å²) in [5.41, 5.74) is 1.35. The van der Waals surface area contributed by atoms with Crippen molar-refractivity contribution in [1.82, 2.24) is 9.88 Å². The summed E-state index contributed by atoms with van der Waals surface area (Å²) in [4.78, 5) is 21.9. The quantitative estimate of drug-likeness (QED) is 0.408. The number of aromatic nitrogens is 1. The fraction of sp³-hybridized carbons (Fsp3) is 0.364. The highest BCUT2D eigenvalue weighted by molar-refractivity contribution is 7.22. The van der Waals surface area contributed by atoms with Gasteiger partial charge in [-0.3, -0.25) is 9.69 Å². The predicted molar refractivity (Wildman–Crippen MR) is 131 cm³/mol. The molecule has 1 heterocycles. The molecule has 1 aromatic heterocycles. The van der Waals surface area contributed by atoms with Crippen LogP contribution in [0.15, 0.2) is 36.4 Å². The monoisotopic (exact) mass is 483 g/mol. The van der Waals surface area contributed by atoms with Gasteiger partial charge in [0.2, 0.25) is 0 Å². The third-order valence-corrected chi connectivity index (χ3v) is 5.65. The smallest absolute Gasteiger partial charge is 0.260 e. The molecule has 0 spiro atoms. The van der Waals surface area contributed by atoms with E-state index in [1.165, 1.54) is 11.3 Å². The molecule has 168 valence electrons. The minimum absolute atomic E-state index is 0. The van der Waals surface area contributed by atoms with Gasteiger partial charge < -0.3 is 14.4 Å². The average molecular weight is 484 g/mol. The van der Waals surface area contributed by atoms with Crippen molar-refractivity contribution in [2.45, 2.75) is 13.8 Å². The highest BCUT2D eigenvalue weighted by Gasteiger charge is 2.23. The molecule has 3 rings (SSSR count). The van der Waals surface area contributed by atoms with E-state index < -0.39 is 0 Å². The van der Waals surface area contributed by atoms with Gasteiger partial charge in [0.25, 0.3) is 5.91 Å². The van der Waals surface area contributed by atoms with Crippen LogP contribution in [0.4, 0.5) is 5.13 Å². The molecule has 2 aromatic carbocycles. The lowest BCUT2D eigenvalue weighted by Crippen LogP contribution is -2.36. The van der Waals surface area contributed by atoms with Crippen LogP contribution in [-0.4, -0.2) is 56.2 Å². The van der Waals surface area contributed by atoms with Gasteiger partial charge in [0, 0.05) is 23.7 Å². The normalized spacial score (nSPS) is 10.8. The van der Waals surface area contributed by atoms with Crippen LogP contribution in [-0.2, 0) is 0 Å². The number of hydrogen-bond acceptors (Lipinski definition) is 6. The Kier molecular flexibility index (Phi) is 9.37. The molecule has 0 N–H and O–H groups in total. The Morgan fingerprint density at radius 3 is 2.42 bits per heavy atom. The Morgan fingerprint density at radius 1 is 1.03 bits per heavy atom. The maximum Gasteiger partial charge on any atom is 0.260 e. The first-order valence-electron chi connectivity index (χ1n) is 9.85. The second kappa shape index (κ2) is 11.5. The van der Waals surface area contributed by atoms with Crippen molar-refractivity contribution in [3.05, 3.63) is 47.0 Å². The number of benzene rings is 2. The third kappa shape index (κ3) is 6.23. The van der Waals surface area contributed by atoms with Gasteiger partial charge >= 0.3 is 0 Å². The number of carbonyl (C=O) groups excluding carboxylic acids is 1. The largest absolute Gasteiger partial charge is 0.490 e. The van der Waals surface area contributed by atoms with E-state index in [1.54, 1.807) is 29.2 Å². The predicted octanol–water partition coefficient (Wildman–Crippen LogP) is 5.38. The van der Waals surface area contributed by atoms with Crippen molar-refractivity contribution >= 4 is 56.6 Å². The number of fused-ring (bicyclic) bond motifs is 1.